The van der Waals surface area contributed by atoms with Crippen LogP contribution in [-0.2, 0) is 11.2 Å². The smallest absolute Gasteiger partial charge is 0.228 e. The van der Waals surface area contributed by atoms with E-state index in [4.69, 9.17) is 20.9 Å². The summed E-state index contributed by atoms with van der Waals surface area (Å²) in [5, 5.41) is 11.2. The molecule has 0 unspecified atom stereocenters. The molecule has 9 heteroatoms. The Morgan fingerprint density at radius 2 is 2.17 bits per heavy atom. The first-order valence-electron chi connectivity index (χ1n) is 9.90. The maximum atomic E-state index is 6.02. The fourth-order valence-corrected chi connectivity index (χ4v) is 2.84. The van der Waals surface area contributed by atoms with Crippen LogP contribution in [0.15, 0.2) is 33.8 Å². The zero-order valence-electron chi connectivity index (χ0n) is 17.4. The third kappa shape index (κ3) is 8.81. The molecule has 0 bridgehead atoms. The first-order valence-corrected chi connectivity index (χ1v) is 10.3. The maximum absolute atomic E-state index is 6.02. The lowest BCUT2D eigenvalue weighted by atomic mass is 10.2. The molecule has 0 aliphatic carbocycles. The maximum Gasteiger partial charge on any atom is 0.228 e. The molecule has 0 spiro atoms. The number of nitrogens with one attached hydrogen (secondary N) is 2. The van der Waals surface area contributed by atoms with Crippen molar-refractivity contribution in [1.82, 2.24) is 25.7 Å². The van der Waals surface area contributed by atoms with Crippen molar-refractivity contribution in [2.24, 2.45) is 4.99 Å². The Morgan fingerprint density at radius 1 is 1.31 bits per heavy atom. The number of methoxy groups -OCH3 is 1. The highest BCUT2D eigenvalue weighted by molar-refractivity contribution is 6.30. The van der Waals surface area contributed by atoms with E-state index in [1.807, 2.05) is 31.2 Å². The van der Waals surface area contributed by atoms with E-state index in [1.165, 1.54) is 0 Å². The molecule has 29 heavy (non-hydrogen) atoms. The second-order valence-corrected chi connectivity index (χ2v) is 7.05. The van der Waals surface area contributed by atoms with Crippen LogP contribution in [0.1, 0.15) is 19.2 Å². The highest BCUT2D eigenvalue weighted by atomic mass is 35.5. The van der Waals surface area contributed by atoms with Gasteiger partial charge in [-0.25, -0.2) is 0 Å². The van der Waals surface area contributed by atoms with Gasteiger partial charge in [0.15, 0.2) is 5.96 Å². The summed E-state index contributed by atoms with van der Waals surface area (Å²) in [6.45, 7) is 6.89. The first kappa shape index (κ1) is 23.1. The van der Waals surface area contributed by atoms with Crippen LogP contribution in [0.25, 0.3) is 11.4 Å². The molecular formula is C20H31ClN6O2. The van der Waals surface area contributed by atoms with Crippen LogP contribution in [0.3, 0.4) is 0 Å². The van der Waals surface area contributed by atoms with E-state index in [9.17, 15) is 0 Å². The molecule has 160 valence electrons. The number of ether oxygens (including phenoxy) is 1. The van der Waals surface area contributed by atoms with Gasteiger partial charge in [-0.05, 0) is 32.5 Å². The number of guanidine groups is 1. The molecule has 0 saturated carbocycles. The zero-order valence-corrected chi connectivity index (χ0v) is 18.2. The van der Waals surface area contributed by atoms with E-state index in [-0.39, 0.29) is 0 Å². The predicted octanol–water partition coefficient (Wildman–Crippen LogP) is 2.46. The Hall–Kier alpha value is -2.16. The average molecular weight is 423 g/mol. The summed E-state index contributed by atoms with van der Waals surface area (Å²) in [6.07, 6.45) is 1.63. The minimum Gasteiger partial charge on any atom is -0.385 e. The van der Waals surface area contributed by atoms with E-state index in [0.717, 1.165) is 50.7 Å². The van der Waals surface area contributed by atoms with E-state index in [1.54, 1.807) is 7.11 Å². The topological polar surface area (TPSA) is 87.8 Å². The lowest BCUT2D eigenvalue weighted by molar-refractivity contribution is 0.180. The standard InChI is InChI=1S/C20H31ClN6O2/c1-4-22-20(24-11-13-27(2)12-6-14-28-3)23-10-9-18-25-19(26-29-18)16-7-5-8-17(21)15-16/h5,7-8,15H,4,6,9-14H2,1-3H3,(H2,22,23,24). The molecular weight excluding hydrogens is 392 g/mol. The average Bonchev–Trinajstić information content (AvgIpc) is 3.17. The van der Waals surface area contributed by atoms with Crippen LogP contribution in [0.2, 0.25) is 5.02 Å². The summed E-state index contributed by atoms with van der Waals surface area (Å²) < 4.78 is 10.4. The summed E-state index contributed by atoms with van der Waals surface area (Å²) in [4.78, 5) is 11.3. The zero-order chi connectivity index (χ0) is 20.9. The largest absolute Gasteiger partial charge is 0.385 e. The number of benzene rings is 1. The highest BCUT2D eigenvalue weighted by Crippen LogP contribution is 2.19. The predicted molar refractivity (Wildman–Crippen MR) is 116 cm³/mol. The molecule has 1 aromatic heterocycles. The number of nitrogens with zero attached hydrogens (tertiary/aromatic N) is 4. The molecule has 0 saturated heterocycles. The van der Waals surface area contributed by atoms with Gasteiger partial charge in [0, 0.05) is 56.9 Å². The Labute approximate surface area is 177 Å². The number of hydrogen-bond donors (Lipinski definition) is 2. The third-order valence-electron chi connectivity index (χ3n) is 4.17. The Kier molecular flexibility index (Phi) is 10.5. The molecule has 0 atom stereocenters. The molecule has 0 amide bonds. The van der Waals surface area contributed by atoms with Gasteiger partial charge in [0.05, 0.1) is 6.54 Å². The lowest BCUT2D eigenvalue weighted by Crippen LogP contribution is -2.39. The third-order valence-corrected chi connectivity index (χ3v) is 4.40. The molecule has 2 aromatic rings. The number of halogens is 1. The van der Waals surface area contributed by atoms with Gasteiger partial charge in [0.25, 0.3) is 0 Å². The van der Waals surface area contributed by atoms with Crippen LogP contribution in [0.5, 0.6) is 0 Å². The fourth-order valence-electron chi connectivity index (χ4n) is 2.65. The van der Waals surface area contributed by atoms with E-state index < -0.39 is 0 Å². The van der Waals surface area contributed by atoms with Gasteiger partial charge in [-0.3, -0.25) is 4.99 Å². The first-order chi connectivity index (χ1) is 14.1. The minimum atomic E-state index is 0.541. The van der Waals surface area contributed by atoms with Gasteiger partial charge < -0.3 is 24.8 Å². The van der Waals surface area contributed by atoms with E-state index >= 15 is 0 Å². The van der Waals surface area contributed by atoms with Crippen molar-refractivity contribution in [1.29, 1.82) is 0 Å². The van der Waals surface area contributed by atoms with Crippen LogP contribution in [-0.4, -0.2) is 74.5 Å². The quantitative estimate of drug-likeness (QED) is 0.308. The molecule has 0 aliphatic rings. The van der Waals surface area contributed by atoms with Crippen LogP contribution >= 0.6 is 11.6 Å². The van der Waals surface area contributed by atoms with Gasteiger partial charge >= 0.3 is 0 Å². The molecule has 1 aromatic carbocycles. The lowest BCUT2D eigenvalue weighted by Gasteiger charge is -2.16. The normalized spacial score (nSPS) is 11.8. The molecule has 8 nitrogen and oxygen atoms in total. The molecule has 1 heterocycles. The summed E-state index contributed by atoms with van der Waals surface area (Å²) in [5.41, 5.74) is 0.838. The SMILES string of the molecule is CCNC(=NCCN(C)CCCOC)NCCc1nc(-c2cccc(Cl)c2)no1. The van der Waals surface area contributed by atoms with Crippen molar-refractivity contribution in [2.45, 2.75) is 19.8 Å². The Balaban J connectivity index is 1.77. The monoisotopic (exact) mass is 422 g/mol. The van der Waals surface area contributed by atoms with Gasteiger partial charge in [0.1, 0.15) is 0 Å². The number of aliphatic imine (C=N–C) groups is 1. The molecule has 2 rings (SSSR count). The molecule has 0 radical (unpaired) electrons. The van der Waals surface area contributed by atoms with Crippen molar-refractivity contribution in [2.75, 3.05) is 53.5 Å². The Morgan fingerprint density at radius 3 is 2.93 bits per heavy atom. The van der Waals surface area contributed by atoms with Crippen molar-refractivity contribution in [3.8, 4) is 11.4 Å². The summed E-state index contributed by atoms with van der Waals surface area (Å²) in [6, 6.07) is 7.40. The number of hydrogen-bond acceptors (Lipinski definition) is 6. The van der Waals surface area contributed by atoms with E-state index in [0.29, 0.717) is 29.7 Å². The number of aromatic nitrogens is 2. The molecule has 0 aliphatic heterocycles. The fraction of sp³-hybridized carbons (Fsp3) is 0.550. The number of rotatable bonds is 12. The van der Waals surface area contributed by atoms with Gasteiger partial charge in [-0.2, -0.15) is 4.98 Å². The summed E-state index contributed by atoms with van der Waals surface area (Å²) >= 11 is 6.02. The van der Waals surface area contributed by atoms with Crippen LogP contribution in [0.4, 0.5) is 0 Å². The summed E-state index contributed by atoms with van der Waals surface area (Å²) in [7, 11) is 3.82. The second kappa shape index (κ2) is 13.1. The van der Waals surface area contributed by atoms with Crippen molar-refractivity contribution < 1.29 is 9.26 Å². The molecule has 0 fully saturated rings. The van der Waals surface area contributed by atoms with Gasteiger partial charge in [-0.15, -0.1) is 0 Å². The van der Waals surface area contributed by atoms with Gasteiger partial charge in [-0.1, -0.05) is 28.9 Å². The van der Waals surface area contributed by atoms with Crippen LogP contribution < -0.4 is 10.6 Å². The minimum absolute atomic E-state index is 0.541. The second-order valence-electron chi connectivity index (χ2n) is 6.61. The van der Waals surface area contributed by atoms with Crippen LogP contribution in [0, 0.1) is 0 Å². The van der Waals surface area contributed by atoms with Gasteiger partial charge in [0.2, 0.25) is 11.7 Å². The van der Waals surface area contributed by atoms with Crippen molar-refractivity contribution in [3.63, 3.8) is 0 Å². The Bertz CT molecular complexity index is 752. The van der Waals surface area contributed by atoms with Crippen molar-refractivity contribution in [3.05, 3.63) is 35.2 Å². The number of likely N-dealkylation sites (N-methyl/N-ethyl adjacent to an activating group) is 1. The van der Waals surface area contributed by atoms with E-state index in [2.05, 4.69) is 37.7 Å². The summed E-state index contributed by atoms with van der Waals surface area (Å²) in [5.74, 6) is 1.90. The van der Waals surface area contributed by atoms with Crippen molar-refractivity contribution >= 4 is 17.6 Å². The highest BCUT2D eigenvalue weighted by Gasteiger charge is 2.09. The molecule has 2 N–H and O–H groups in total.